The monoisotopic (exact) mass is 284 g/mol. The Bertz CT molecular complexity index is 815. The van der Waals surface area contributed by atoms with E-state index >= 15 is 0 Å². The van der Waals surface area contributed by atoms with E-state index in [9.17, 15) is 0 Å². The number of fused-ring (bicyclic) bond motifs is 1. The molecule has 20 heavy (non-hydrogen) atoms. The van der Waals surface area contributed by atoms with Crippen molar-refractivity contribution < 1.29 is 5.94 Å². The topological polar surface area (TPSA) is 16.8 Å². The van der Waals surface area contributed by atoms with Gasteiger partial charge in [-0.25, -0.2) is 4.98 Å². The highest BCUT2D eigenvalue weighted by Gasteiger charge is 2.19. The van der Waals surface area contributed by atoms with E-state index in [1.54, 1.807) is 11.3 Å². The van der Waals surface area contributed by atoms with Crippen LogP contribution in [0.1, 0.15) is 31.7 Å². The summed E-state index contributed by atoms with van der Waals surface area (Å²) in [7, 11) is 2.07. The molecule has 0 unspecified atom stereocenters. The minimum absolute atomic E-state index is 0.653. The Labute approximate surface area is 125 Å². The summed E-state index contributed by atoms with van der Waals surface area (Å²) in [4.78, 5) is 5.73. The minimum atomic E-state index is -0.653. The molecule has 3 heteroatoms. The van der Waals surface area contributed by atoms with E-state index in [1.807, 2.05) is 13.8 Å². The summed E-state index contributed by atoms with van der Waals surface area (Å²) in [5, 5.41) is 0.857. The molecule has 0 saturated carbocycles. The van der Waals surface area contributed by atoms with Crippen LogP contribution in [0.5, 0.6) is 0 Å². The molecule has 0 aliphatic heterocycles. The molecule has 0 atom stereocenters. The van der Waals surface area contributed by atoms with Gasteiger partial charge < -0.3 is 0 Å². The van der Waals surface area contributed by atoms with Gasteiger partial charge in [0, 0.05) is 18.9 Å². The van der Waals surface area contributed by atoms with Crippen LogP contribution in [0.3, 0.4) is 0 Å². The van der Waals surface area contributed by atoms with Crippen molar-refractivity contribution in [2.75, 3.05) is 0 Å². The molecule has 0 amide bonds. The average molecular weight is 284 g/mol. The molecule has 0 bridgehead atoms. The van der Waals surface area contributed by atoms with E-state index in [0.717, 1.165) is 15.4 Å². The molecule has 2 heterocycles. The van der Waals surface area contributed by atoms with Crippen LogP contribution in [-0.2, 0) is 7.05 Å². The third kappa shape index (κ3) is 2.12. The summed E-state index contributed by atoms with van der Waals surface area (Å²) in [6.45, 7) is 5.89. The average Bonchev–Trinajstić information content (AvgIpc) is 2.85. The number of rotatable bonds is 2. The number of hydrogen-bond donors (Lipinski definition) is 0. The number of aromatic nitrogens is 2. The van der Waals surface area contributed by atoms with E-state index in [0.29, 0.717) is 0 Å². The van der Waals surface area contributed by atoms with Crippen LogP contribution in [0.25, 0.3) is 21.6 Å². The maximum Gasteiger partial charge on any atom is 0.289 e. The maximum atomic E-state index is 8.17. The second kappa shape index (κ2) is 4.98. The lowest BCUT2D eigenvalue weighted by Crippen LogP contribution is -2.31. The molecular weight excluding hydrogens is 264 g/mol. The summed E-state index contributed by atoms with van der Waals surface area (Å²) in [5.74, 6) is -0.653. The summed E-state index contributed by atoms with van der Waals surface area (Å²) in [6, 6.07) is 12.6. The second-order valence-electron chi connectivity index (χ2n) is 5.30. The van der Waals surface area contributed by atoms with E-state index in [4.69, 9.17) is 1.37 Å². The lowest BCUT2D eigenvalue weighted by molar-refractivity contribution is -0.631. The van der Waals surface area contributed by atoms with Gasteiger partial charge in [0.2, 0.25) is 5.69 Å². The van der Waals surface area contributed by atoms with Crippen molar-refractivity contribution in [1.82, 2.24) is 4.98 Å². The van der Waals surface area contributed by atoms with Crippen molar-refractivity contribution in [2.24, 2.45) is 7.05 Å². The van der Waals surface area contributed by atoms with Gasteiger partial charge in [-0.2, -0.15) is 4.57 Å². The van der Waals surface area contributed by atoms with Crippen LogP contribution in [0, 0.1) is 6.92 Å². The van der Waals surface area contributed by atoms with Gasteiger partial charge in [-0.1, -0.05) is 43.4 Å². The van der Waals surface area contributed by atoms with Gasteiger partial charge in [-0.05, 0) is 24.6 Å². The molecule has 0 fully saturated rings. The third-order valence-corrected chi connectivity index (χ3v) is 4.92. The molecule has 0 radical (unpaired) electrons. The molecule has 3 aromatic rings. The van der Waals surface area contributed by atoms with Crippen LogP contribution >= 0.6 is 11.3 Å². The van der Waals surface area contributed by atoms with Gasteiger partial charge in [0.05, 0.1) is 0 Å². The normalized spacial score (nSPS) is 12.7. The van der Waals surface area contributed by atoms with Crippen molar-refractivity contribution in [3.8, 4) is 11.3 Å². The first-order valence-corrected chi connectivity index (χ1v) is 7.55. The van der Waals surface area contributed by atoms with E-state index in [2.05, 4.69) is 59.9 Å². The highest BCUT2D eigenvalue weighted by atomic mass is 32.1. The Morgan fingerprint density at radius 1 is 1.20 bits per heavy atom. The summed E-state index contributed by atoms with van der Waals surface area (Å²) in [5.41, 5.74) is 4.65. The Kier molecular flexibility index (Phi) is 3.00. The highest BCUT2D eigenvalue weighted by molar-refractivity contribution is 7.17. The number of pyridine rings is 1. The molecule has 0 aliphatic rings. The van der Waals surface area contributed by atoms with Gasteiger partial charge in [0.25, 0.3) is 4.83 Å². The van der Waals surface area contributed by atoms with Crippen LogP contribution in [0.4, 0.5) is 0 Å². The molecule has 1 aromatic carbocycles. The number of benzene rings is 1. The number of hydrogen-bond acceptors (Lipinski definition) is 2. The Morgan fingerprint density at radius 3 is 2.65 bits per heavy atom. The minimum Gasteiger partial charge on any atom is -0.234 e. The SMILES string of the molecule is [2H]C(C)(C)c1nc2ccc(-c3ccccc3C)[n+](C)c2s1. The van der Waals surface area contributed by atoms with Crippen molar-refractivity contribution >= 4 is 21.7 Å². The molecule has 3 rings (SSSR count). The predicted molar refractivity (Wildman–Crippen MR) is 85.1 cm³/mol. The van der Waals surface area contributed by atoms with Gasteiger partial charge in [-0.15, -0.1) is 0 Å². The zero-order valence-corrected chi connectivity index (χ0v) is 13.1. The molecule has 2 nitrogen and oxygen atoms in total. The standard InChI is InChI=1S/C17H19N2S/c1-11(2)16-18-14-9-10-15(19(4)17(14)20-16)13-8-6-5-7-12(13)3/h5-11H,1-4H3/q+1/i11D. The summed E-state index contributed by atoms with van der Waals surface area (Å²) >= 11 is 1.61. The molecular formula is C17H19N2S+. The summed E-state index contributed by atoms with van der Waals surface area (Å²) < 4.78 is 10.4. The molecule has 0 saturated heterocycles. The molecule has 0 spiro atoms. The van der Waals surface area contributed by atoms with E-state index < -0.39 is 5.89 Å². The molecule has 102 valence electrons. The third-order valence-electron chi connectivity index (χ3n) is 3.55. The zero-order valence-electron chi connectivity index (χ0n) is 13.3. The number of nitrogens with zero attached hydrogens (tertiary/aromatic N) is 2. The van der Waals surface area contributed by atoms with Crippen LogP contribution < -0.4 is 4.57 Å². The first kappa shape index (κ1) is 12.0. The Hall–Kier alpha value is -1.74. The molecule has 0 aliphatic carbocycles. The van der Waals surface area contributed by atoms with Gasteiger partial charge in [0.15, 0.2) is 0 Å². The fourth-order valence-electron chi connectivity index (χ4n) is 2.40. The lowest BCUT2D eigenvalue weighted by Gasteiger charge is -2.03. The van der Waals surface area contributed by atoms with Gasteiger partial charge in [-0.3, -0.25) is 0 Å². The zero-order chi connectivity index (χ0) is 15.2. The van der Waals surface area contributed by atoms with Gasteiger partial charge in [0.1, 0.15) is 17.6 Å². The van der Waals surface area contributed by atoms with Crippen LogP contribution in [0.15, 0.2) is 36.4 Å². The van der Waals surface area contributed by atoms with E-state index in [-0.39, 0.29) is 0 Å². The fourth-order valence-corrected chi connectivity index (χ4v) is 3.38. The largest absolute Gasteiger partial charge is 0.289 e. The molecule has 0 N–H and O–H groups in total. The Morgan fingerprint density at radius 2 is 1.95 bits per heavy atom. The quantitative estimate of drug-likeness (QED) is 0.644. The van der Waals surface area contributed by atoms with Crippen molar-refractivity contribution in [3.05, 3.63) is 47.0 Å². The van der Waals surface area contributed by atoms with E-state index in [1.165, 1.54) is 16.8 Å². The summed E-state index contributed by atoms with van der Waals surface area (Å²) in [6.07, 6.45) is 0. The molecule has 2 aromatic heterocycles. The highest BCUT2D eigenvalue weighted by Crippen LogP contribution is 2.27. The fraction of sp³-hybridized carbons (Fsp3) is 0.294. The maximum absolute atomic E-state index is 8.17. The smallest absolute Gasteiger partial charge is 0.234 e. The second-order valence-corrected chi connectivity index (χ2v) is 6.28. The first-order valence-electron chi connectivity index (χ1n) is 7.24. The first-order chi connectivity index (χ1) is 9.88. The van der Waals surface area contributed by atoms with Crippen LogP contribution in [0.2, 0.25) is 0 Å². The number of aryl methyl sites for hydroxylation is 2. The lowest BCUT2D eigenvalue weighted by atomic mass is 10.1. The van der Waals surface area contributed by atoms with Crippen molar-refractivity contribution in [1.29, 1.82) is 0 Å². The predicted octanol–water partition coefficient (Wildman–Crippen LogP) is 4.22. The van der Waals surface area contributed by atoms with Gasteiger partial charge >= 0.3 is 0 Å². The van der Waals surface area contributed by atoms with Crippen LogP contribution in [-0.4, -0.2) is 4.98 Å². The number of thiazole rings is 1. The van der Waals surface area contributed by atoms with Crippen molar-refractivity contribution in [3.63, 3.8) is 0 Å². The van der Waals surface area contributed by atoms with Crippen molar-refractivity contribution in [2.45, 2.75) is 26.7 Å². The Balaban J connectivity index is 2.24.